The van der Waals surface area contributed by atoms with Gasteiger partial charge in [-0.05, 0) is 25.1 Å². The summed E-state index contributed by atoms with van der Waals surface area (Å²) in [5.74, 6) is 0. The highest BCUT2D eigenvalue weighted by molar-refractivity contribution is 8.29. The van der Waals surface area contributed by atoms with Crippen molar-refractivity contribution in [2.24, 2.45) is 0 Å². The zero-order valence-electron chi connectivity index (χ0n) is 13.9. The molecule has 0 amide bonds. The smallest absolute Gasteiger partial charge is 0.107 e. The number of likely N-dealkylation sites (N-methyl/N-ethyl adjacent to an activating group) is 1. The van der Waals surface area contributed by atoms with E-state index in [1.165, 1.54) is 5.56 Å². The fraction of sp³-hybridized carbons (Fsp3) is 0.529. The van der Waals surface area contributed by atoms with Crippen molar-refractivity contribution in [1.82, 2.24) is 5.32 Å². The van der Waals surface area contributed by atoms with Gasteiger partial charge in [-0.2, -0.15) is 0 Å². The van der Waals surface area contributed by atoms with Crippen LogP contribution in [-0.4, -0.2) is 30.9 Å². The number of nitrogens with one attached hydrogen (secondary N) is 1. The van der Waals surface area contributed by atoms with Gasteiger partial charge in [-0.3, -0.25) is 0 Å². The van der Waals surface area contributed by atoms with Gasteiger partial charge in [0.05, 0.1) is 0 Å². The molecule has 3 heteroatoms. The van der Waals surface area contributed by atoms with Crippen molar-refractivity contribution in [3.63, 3.8) is 0 Å². The van der Waals surface area contributed by atoms with Gasteiger partial charge in [0.1, 0.15) is 6.10 Å². The monoisotopic (exact) mass is 297 g/mol. The van der Waals surface area contributed by atoms with E-state index in [2.05, 4.69) is 76.0 Å². The van der Waals surface area contributed by atoms with E-state index in [4.69, 9.17) is 4.18 Å². The lowest BCUT2D eigenvalue weighted by Crippen LogP contribution is -2.29. The molecule has 0 aliphatic heterocycles. The Morgan fingerprint density at radius 3 is 2.05 bits per heavy atom. The van der Waals surface area contributed by atoms with E-state index in [1.54, 1.807) is 0 Å². The second kappa shape index (κ2) is 8.50. The molecule has 0 aliphatic carbocycles. The molecule has 0 saturated heterocycles. The van der Waals surface area contributed by atoms with Crippen LogP contribution in [0.25, 0.3) is 0 Å². The Hall–Kier alpha value is -0.770. The lowest BCUT2D eigenvalue weighted by atomic mass is 10.1. The standard InChI is InChI=1S/C15H27NOS.C2H4/c1-15(2,3)18(5,6)17-14(12-16-4)13-10-8-7-9-11-13;1-2/h7-11,14,16H,12H2,1-6H3;1-2H2. The van der Waals surface area contributed by atoms with Crippen LogP contribution in [0.15, 0.2) is 43.5 Å². The Morgan fingerprint density at radius 2 is 1.65 bits per heavy atom. The highest BCUT2D eigenvalue weighted by atomic mass is 32.3. The number of rotatable bonds is 5. The van der Waals surface area contributed by atoms with Crippen molar-refractivity contribution >= 4 is 10.3 Å². The Balaban J connectivity index is 0.00000172. The molecule has 0 bridgehead atoms. The molecule has 0 saturated carbocycles. The number of benzene rings is 1. The van der Waals surface area contributed by atoms with Crippen LogP contribution in [0.2, 0.25) is 0 Å². The van der Waals surface area contributed by atoms with Crippen LogP contribution >= 0.6 is 10.3 Å². The third kappa shape index (κ3) is 5.70. The van der Waals surface area contributed by atoms with Crippen LogP contribution in [-0.2, 0) is 4.18 Å². The molecular weight excluding hydrogens is 266 g/mol. The first-order chi connectivity index (χ1) is 9.28. The van der Waals surface area contributed by atoms with Gasteiger partial charge in [0.15, 0.2) is 0 Å². The number of hydrogen-bond donors (Lipinski definition) is 1. The van der Waals surface area contributed by atoms with Crippen LogP contribution in [0.1, 0.15) is 32.4 Å². The van der Waals surface area contributed by atoms with Gasteiger partial charge in [-0.15, -0.1) is 23.5 Å². The molecule has 20 heavy (non-hydrogen) atoms. The zero-order valence-corrected chi connectivity index (χ0v) is 14.7. The van der Waals surface area contributed by atoms with Gasteiger partial charge < -0.3 is 9.50 Å². The van der Waals surface area contributed by atoms with Gasteiger partial charge in [0.25, 0.3) is 0 Å². The Morgan fingerprint density at radius 1 is 1.15 bits per heavy atom. The summed E-state index contributed by atoms with van der Waals surface area (Å²) in [4.78, 5) is 0. The first-order valence-electron chi connectivity index (χ1n) is 6.88. The van der Waals surface area contributed by atoms with Crippen molar-refractivity contribution in [1.29, 1.82) is 0 Å². The molecule has 1 atom stereocenters. The molecule has 1 aromatic carbocycles. The van der Waals surface area contributed by atoms with E-state index in [1.807, 2.05) is 13.1 Å². The maximum Gasteiger partial charge on any atom is 0.107 e. The minimum atomic E-state index is -1.11. The molecule has 0 spiro atoms. The summed E-state index contributed by atoms with van der Waals surface area (Å²) in [6.07, 6.45) is 4.62. The van der Waals surface area contributed by atoms with Gasteiger partial charge in [-0.25, -0.2) is 0 Å². The van der Waals surface area contributed by atoms with Gasteiger partial charge in [-0.1, -0.05) is 51.1 Å². The summed E-state index contributed by atoms with van der Waals surface area (Å²) in [5, 5.41) is 3.23. The van der Waals surface area contributed by atoms with Crippen LogP contribution in [0.3, 0.4) is 0 Å². The predicted octanol–water partition coefficient (Wildman–Crippen LogP) is 4.54. The summed E-state index contributed by atoms with van der Waals surface area (Å²) in [6.45, 7) is 13.6. The highest BCUT2D eigenvalue weighted by Gasteiger charge is 2.31. The molecule has 1 N–H and O–H groups in total. The summed E-state index contributed by atoms with van der Waals surface area (Å²) < 4.78 is 6.64. The van der Waals surface area contributed by atoms with Crippen molar-refractivity contribution in [3.8, 4) is 0 Å². The summed E-state index contributed by atoms with van der Waals surface area (Å²) >= 11 is 0. The average molecular weight is 298 g/mol. The molecule has 0 aromatic heterocycles. The van der Waals surface area contributed by atoms with Gasteiger partial charge in [0, 0.05) is 11.3 Å². The van der Waals surface area contributed by atoms with E-state index in [-0.39, 0.29) is 10.9 Å². The van der Waals surface area contributed by atoms with E-state index in [9.17, 15) is 0 Å². The third-order valence-corrected chi connectivity index (χ3v) is 7.06. The lowest BCUT2D eigenvalue weighted by Gasteiger charge is -2.46. The Kier molecular flexibility index (Phi) is 8.17. The molecule has 0 fully saturated rings. The largest absolute Gasteiger partial charge is 0.327 e. The molecule has 1 unspecified atom stereocenters. The van der Waals surface area contributed by atoms with Crippen LogP contribution in [0, 0.1) is 0 Å². The normalized spacial score (nSPS) is 14.1. The van der Waals surface area contributed by atoms with Crippen molar-refractivity contribution in [2.45, 2.75) is 31.6 Å². The summed E-state index contributed by atoms with van der Waals surface area (Å²) in [6, 6.07) is 10.5. The first kappa shape index (κ1) is 19.2. The average Bonchev–Trinajstić information content (AvgIpc) is 2.40. The summed E-state index contributed by atoms with van der Waals surface area (Å²) in [7, 11) is 0.864. The van der Waals surface area contributed by atoms with Gasteiger partial charge >= 0.3 is 0 Å². The second-order valence-electron chi connectivity index (χ2n) is 5.90. The molecule has 0 radical (unpaired) electrons. The SMILES string of the molecule is C=C.CNCC(OS(C)(C)C(C)(C)C)c1ccccc1. The van der Waals surface area contributed by atoms with Gasteiger partial charge in [0.2, 0.25) is 0 Å². The third-order valence-electron chi connectivity index (χ3n) is 3.39. The van der Waals surface area contributed by atoms with Crippen molar-refractivity contribution in [2.75, 3.05) is 26.1 Å². The number of hydrogen-bond acceptors (Lipinski definition) is 2. The minimum Gasteiger partial charge on any atom is -0.327 e. The summed E-state index contributed by atoms with van der Waals surface area (Å²) in [5.41, 5.74) is 1.25. The fourth-order valence-electron chi connectivity index (χ4n) is 1.50. The predicted molar refractivity (Wildman–Crippen MR) is 94.6 cm³/mol. The Bertz CT molecular complexity index is 370. The highest BCUT2D eigenvalue weighted by Crippen LogP contribution is 2.56. The molecule has 1 rings (SSSR count). The molecule has 1 aromatic rings. The van der Waals surface area contributed by atoms with Crippen LogP contribution in [0.5, 0.6) is 0 Å². The van der Waals surface area contributed by atoms with Crippen molar-refractivity contribution in [3.05, 3.63) is 49.1 Å². The van der Waals surface area contributed by atoms with Crippen LogP contribution < -0.4 is 5.32 Å². The minimum absolute atomic E-state index is 0.125. The maximum absolute atomic E-state index is 6.45. The van der Waals surface area contributed by atoms with E-state index >= 15 is 0 Å². The lowest BCUT2D eigenvalue weighted by molar-refractivity contribution is 0.229. The van der Waals surface area contributed by atoms with E-state index in [0.29, 0.717) is 0 Å². The first-order valence-corrected chi connectivity index (χ1v) is 9.26. The van der Waals surface area contributed by atoms with Crippen LogP contribution in [0.4, 0.5) is 0 Å². The second-order valence-corrected chi connectivity index (χ2v) is 9.78. The zero-order chi connectivity index (χ0) is 15.8. The molecule has 0 aliphatic rings. The molecular formula is C17H31NOS. The van der Waals surface area contributed by atoms with E-state index in [0.717, 1.165) is 6.54 Å². The molecule has 0 heterocycles. The van der Waals surface area contributed by atoms with E-state index < -0.39 is 10.3 Å². The van der Waals surface area contributed by atoms with Crippen molar-refractivity contribution < 1.29 is 4.18 Å². The molecule has 2 nitrogen and oxygen atoms in total. The molecule has 116 valence electrons. The fourth-order valence-corrected chi connectivity index (χ4v) is 2.54. The quantitative estimate of drug-likeness (QED) is 0.805. The topological polar surface area (TPSA) is 21.3 Å². The maximum atomic E-state index is 6.45. The Labute approximate surface area is 127 Å².